The molecule has 5 rings (SSSR count). The minimum atomic E-state index is -1.01. The van der Waals surface area contributed by atoms with E-state index < -0.39 is 5.60 Å². The number of piperidine rings is 1. The van der Waals surface area contributed by atoms with E-state index in [-0.39, 0.29) is 6.04 Å². The molecule has 1 spiro atoms. The third kappa shape index (κ3) is 1.53. The van der Waals surface area contributed by atoms with Gasteiger partial charge in [0.05, 0.1) is 5.52 Å². The number of rotatable bonds is 4. The Morgan fingerprint density at radius 1 is 1.42 bits per heavy atom. The summed E-state index contributed by atoms with van der Waals surface area (Å²) in [5.74, 6) is 1.60. The topological polar surface area (TPSA) is 36.4 Å². The van der Waals surface area contributed by atoms with Gasteiger partial charge in [0.1, 0.15) is 5.60 Å². The standard InChI is InChI=1S/C21H24N2O/c1-3-15-17-13-19(23-12-10-20(15,17)23)21(24,4-2)16-9-11-22-18-8-6-5-7-14(16)18/h4-9,11,15,17,19,24H,2-3,10,12-13H2,1H3/t15-,17?,19?,20?,21+/m1/s1. The smallest absolute Gasteiger partial charge is 0.124 e. The van der Waals surface area contributed by atoms with Gasteiger partial charge in [0.15, 0.2) is 0 Å². The van der Waals surface area contributed by atoms with Crippen LogP contribution in [0.1, 0.15) is 31.7 Å². The van der Waals surface area contributed by atoms with E-state index in [4.69, 9.17) is 0 Å². The number of aliphatic hydroxyl groups is 1. The Balaban J connectivity index is 1.60. The Hall–Kier alpha value is -1.71. The highest BCUT2D eigenvalue weighted by molar-refractivity contribution is 5.83. The van der Waals surface area contributed by atoms with Crippen molar-refractivity contribution in [1.29, 1.82) is 0 Å². The van der Waals surface area contributed by atoms with Crippen LogP contribution in [0.4, 0.5) is 0 Å². The van der Waals surface area contributed by atoms with Crippen LogP contribution < -0.4 is 0 Å². The van der Waals surface area contributed by atoms with Crippen LogP contribution in [0.15, 0.2) is 49.2 Å². The van der Waals surface area contributed by atoms with Gasteiger partial charge in [0.2, 0.25) is 0 Å². The molecule has 3 heterocycles. The summed E-state index contributed by atoms with van der Waals surface area (Å²) < 4.78 is 0. The predicted octanol–water partition coefficient (Wildman–Crippen LogP) is 3.48. The van der Waals surface area contributed by atoms with Crippen molar-refractivity contribution in [3.63, 3.8) is 0 Å². The van der Waals surface area contributed by atoms with Crippen LogP contribution in [0.5, 0.6) is 0 Å². The summed E-state index contributed by atoms with van der Waals surface area (Å²) >= 11 is 0. The zero-order chi connectivity index (χ0) is 16.5. The first-order chi connectivity index (χ1) is 11.7. The second kappa shape index (κ2) is 4.68. The molecule has 1 N–H and O–H groups in total. The van der Waals surface area contributed by atoms with Crippen molar-refractivity contribution in [2.45, 2.75) is 43.4 Å². The van der Waals surface area contributed by atoms with Crippen molar-refractivity contribution >= 4 is 10.9 Å². The van der Waals surface area contributed by atoms with E-state index in [1.807, 2.05) is 30.5 Å². The molecule has 0 bridgehead atoms. The Morgan fingerprint density at radius 3 is 2.92 bits per heavy atom. The first-order valence-corrected chi connectivity index (χ1v) is 9.13. The van der Waals surface area contributed by atoms with E-state index in [1.54, 1.807) is 6.08 Å². The first-order valence-electron chi connectivity index (χ1n) is 9.13. The summed E-state index contributed by atoms with van der Waals surface area (Å²) in [5, 5.41) is 12.7. The zero-order valence-corrected chi connectivity index (χ0v) is 14.2. The van der Waals surface area contributed by atoms with Gasteiger partial charge >= 0.3 is 0 Å². The minimum absolute atomic E-state index is 0.141. The lowest BCUT2D eigenvalue weighted by Gasteiger charge is -2.49. The fraction of sp³-hybridized carbons (Fsp3) is 0.476. The average Bonchev–Trinajstić information content (AvgIpc) is 3.22. The van der Waals surface area contributed by atoms with E-state index in [0.717, 1.165) is 41.3 Å². The lowest BCUT2D eigenvalue weighted by atomic mass is 9.80. The molecule has 1 saturated carbocycles. The number of pyridine rings is 1. The molecule has 24 heavy (non-hydrogen) atoms. The largest absolute Gasteiger partial charge is 0.379 e. The highest BCUT2D eigenvalue weighted by Crippen LogP contribution is 2.71. The molecule has 1 aromatic carbocycles. The van der Waals surface area contributed by atoms with Crippen molar-refractivity contribution in [3.8, 4) is 0 Å². The van der Waals surface area contributed by atoms with Gasteiger partial charge in [-0.3, -0.25) is 9.88 Å². The molecule has 1 aliphatic carbocycles. The maximum absolute atomic E-state index is 11.7. The first kappa shape index (κ1) is 14.6. The molecule has 3 heteroatoms. The van der Waals surface area contributed by atoms with Gasteiger partial charge < -0.3 is 5.11 Å². The summed E-state index contributed by atoms with van der Waals surface area (Å²) in [4.78, 5) is 7.04. The van der Waals surface area contributed by atoms with Gasteiger partial charge in [-0.1, -0.05) is 44.2 Å². The summed E-state index contributed by atoms with van der Waals surface area (Å²) in [5.41, 5.74) is 1.27. The van der Waals surface area contributed by atoms with Crippen molar-refractivity contribution < 1.29 is 5.11 Å². The highest BCUT2D eigenvalue weighted by atomic mass is 16.3. The number of nitrogens with zero attached hydrogens (tertiary/aromatic N) is 2. The van der Waals surface area contributed by atoms with E-state index >= 15 is 0 Å². The molecule has 2 saturated heterocycles. The maximum atomic E-state index is 11.7. The molecule has 2 aliphatic heterocycles. The molecule has 5 atom stereocenters. The van der Waals surface area contributed by atoms with E-state index in [0.29, 0.717) is 5.54 Å². The van der Waals surface area contributed by atoms with Crippen LogP contribution in [0.3, 0.4) is 0 Å². The SMILES string of the molecule is C=C[C@](O)(c1ccnc2ccccc12)C1CC2[C@@H](CC)C23CCN13. The summed E-state index contributed by atoms with van der Waals surface area (Å²) in [6.07, 6.45) is 7.22. The quantitative estimate of drug-likeness (QED) is 0.876. The zero-order valence-electron chi connectivity index (χ0n) is 14.2. The Morgan fingerprint density at radius 2 is 2.25 bits per heavy atom. The molecule has 1 aromatic heterocycles. The second-order valence-corrected chi connectivity index (χ2v) is 7.71. The third-order valence-corrected chi connectivity index (χ3v) is 7.14. The average molecular weight is 320 g/mol. The normalized spacial score (nSPS) is 36.5. The Bertz CT molecular complexity index is 828. The molecule has 3 aliphatic rings. The van der Waals surface area contributed by atoms with Crippen molar-refractivity contribution in [2.75, 3.05) is 6.54 Å². The van der Waals surface area contributed by atoms with Gasteiger partial charge in [0.25, 0.3) is 0 Å². The van der Waals surface area contributed by atoms with Crippen LogP contribution in [0.25, 0.3) is 10.9 Å². The molecular weight excluding hydrogens is 296 g/mol. The van der Waals surface area contributed by atoms with Crippen molar-refractivity contribution in [2.24, 2.45) is 11.8 Å². The van der Waals surface area contributed by atoms with Gasteiger partial charge in [-0.2, -0.15) is 0 Å². The van der Waals surface area contributed by atoms with E-state index in [1.165, 1.54) is 12.8 Å². The second-order valence-electron chi connectivity index (χ2n) is 7.71. The molecular formula is C21H24N2O. The monoisotopic (exact) mass is 320 g/mol. The van der Waals surface area contributed by atoms with Crippen LogP contribution >= 0.6 is 0 Å². The molecule has 0 amide bonds. The number of hydrogen-bond acceptors (Lipinski definition) is 3. The third-order valence-electron chi connectivity index (χ3n) is 7.14. The van der Waals surface area contributed by atoms with Crippen LogP contribution in [0, 0.1) is 11.8 Å². The highest BCUT2D eigenvalue weighted by Gasteiger charge is 2.77. The molecule has 3 nitrogen and oxygen atoms in total. The molecule has 0 radical (unpaired) electrons. The lowest BCUT2D eigenvalue weighted by Crippen LogP contribution is -2.59. The van der Waals surface area contributed by atoms with Crippen LogP contribution in [-0.2, 0) is 5.60 Å². The van der Waals surface area contributed by atoms with Gasteiger partial charge in [-0.25, -0.2) is 0 Å². The fourth-order valence-electron chi connectivity index (χ4n) is 5.99. The minimum Gasteiger partial charge on any atom is -0.379 e. The number of para-hydroxylation sites is 1. The number of aromatic nitrogens is 1. The van der Waals surface area contributed by atoms with Gasteiger partial charge in [-0.05, 0) is 42.4 Å². The van der Waals surface area contributed by atoms with Crippen LogP contribution in [0.2, 0.25) is 0 Å². The number of hydrogen-bond donors (Lipinski definition) is 1. The Kier molecular flexibility index (Phi) is 2.85. The van der Waals surface area contributed by atoms with Gasteiger partial charge in [-0.15, -0.1) is 0 Å². The number of fused-ring (bicyclic) bond motifs is 1. The molecule has 3 fully saturated rings. The predicted molar refractivity (Wildman–Crippen MR) is 95.6 cm³/mol. The maximum Gasteiger partial charge on any atom is 0.124 e. The summed E-state index contributed by atoms with van der Waals surface area (Å²) in [6, 6.07) is 10.2. The van der Waals surface area contributed by atoms with E-state index in [2.05, 4.69) is 29.5 Å². The van der Waals surface area contributed by atoms with E-state index in [9.17, 15) is 5.11 Å². The van der Waals surface area contributed by atoms with Gasteiger partial charge in [0, 0.05) is 29.7 Å². The fourth-order valence-corrected chi connectivity index (χ4v) is 5.99. The van der Waals surface area contributed by atoms with Crippen LogP contribution in [-0.4, -0.2) is 33.1 Å². The molecule has 2 aromatic rings. The van der Waals surface area contributed by atoms with Crippen molar-refractivity contribution in [1.82, 2.24) is 9.88 Å². The Labute approximate surface area is 143 Å². The lowest BCUT2D eigenvalue weighted by molar-refractivity contribution is -0.0632. The summed E-state index contributed by atoms with van der Waals surface area (Å²) in [7, 11) is 0. The molecule has 124 valence electrons. The van der Waals surface area contributed by atoms with Crippen molar-refractivity contribution in [3.05, 3.63) is 54.7 Å². The number of benzene rings is 1. The molecule has 3 unspecified atom stereocenters. The summed E-state index contributed by atoms with van der Waals surface area (Å²) in [6.45, 7) is 7.44.